The van der Waals surface area contributed by atoms with E-state index in [1.54, 1.807) is 14.2 Å². The minimum atomic E-state index is -0.186. The summed E-state index contributed by atoms with van der Waals surface area (Å²) in [5.41, 5.74) is 2.27. The Morgan fingerprint density at radius 1 is 1.15 bits per heavy atom. The summed E-state index contributed by atoms with van der Waals surface area (Å²) < 4.78 is 10.9. The van der Waals surface area contributed by atoms with Gasteiger partial charge in [0.25, 0.3) is 0 Å². The molecule has 0 bridgehead atoms. The SMILES string of the molecule is CCNC(=O)NC[C@H]1c2cc(OC)c(OC)cc2CCN1C(=S)NCC. The van der Waals surface area contributed by atoms with Gasteiger partial charge in [-0.25, -0.2) is 4.79 Å². The van der Waals surface area contributed by atoms with E-state index >= 15 is 0 Å². The molecular formula is C18H28N4O3S. The first-order chi connectivity index (χ1) is 12.5. The van der Waals surface area contributed by atoms with Crippen LogP contribution < -0.4 is 25.4 Å². The van der Waals surface area contributed by atoms with Crippen LogP contribution in [0.5, 0.6) is 11.5 Å². The third-order valence-electron chi connectivity index (χ3n) is 4.38. The Bertz CT molecular complexity index is 654. The summed E-state index contributed by atoms with van der Waals surface area (Å²) in [6, 6.07) is 3.74. The maximum Gasteiger partial charge on any atom is 0.314 e. The molecule has 1 heterocycles. The fourth-order valence-corrected chi connectivity index (χ4v) is 3.52. The Morgan fingerprint density at radius 2 is 1.81 bits per heavy atom. The normalized spacial score (nSPS) is 15.7. The highest BCUT2D eigenvalue weighted by molar-refractivity contribution is 7.80. The molecule has 0 saturated heterocycles. The highest BCUT2D eigenvalue weighted by Crippen LogP contribution is 2.37. The number of amides is 2. The molecule has 3 N–H and O–H groups in total. The summed E-state index contributed by atoms with van der Waals surface area (Å²) in [6.45, 7) is 6.46. The summed E-state index contributed by atoms with van der Waals surface area (Å²) in [7, 11) is 3.25. The predicted octanol–water partition coefficient (Wildman–Crippen LogP) is 1.82. The number of rotatable bonds is 6. The van der Waals surface area contributed by atoms with Crippen molar-refractivity contribution in [2.24, 2.45) is 0 Å². The second-order valence-corrected chi connectivity index (χ2v) is 6.33. The first-order valence-corrected chi connectivity index (χ1v) is 9.27. The molecule has 0 unspecified atom stereocenters. The number of hydrogen-bond acceptors (Lipinski definition) is 4. The molecule has 1 aliphatic rings. The Kier molecular flexibility index (Phi) is 7.32. The van der Waals surface area contributed by atoms with Gasteiger partial charge < -0.3 is 30.3 Å². The van der Waals surface area contributed by atoms with Gasteiger partial charge in [-0.05, 0) is 55.7 Å². The van der Waals surface area contributed by atoms with E-state index in [9.17, 15) is 4.79 Å². The van der Waals surface area contributed by atoms with Crippen molar-refractivity contribution >= 4 is 23.4 Å². The van der Waals surface area contributed by atoms with Crippen molar-refractivity contribution in [1.82, 2.24) is 20.9 Å². The van der Waals surface area contributed by atoms with Gasteiger partial charge >= 0.3 is 6.03 Å². The standard InChI is InChI=1S/C18H28N4O3S/c1-5-19-17(23)21-11-14-13-10-16(25-4)15(24-3)9-12(13)7-8-22(14)18(26)20-6-2/h9-10,14H,5-8,11H2,1-4H3,(H,20,26)(H2,19,21,23)/t14-/m0/s1. The summed E-state index contributed by atoms with van der Waals surface area (Å²) in [6.07, 6.45) is 0.846. The molecule has 0 fully saturated rings. The Morgan fingerprint density at radius 3 is 2.42 bits per heavy atom. The first kappa shape index (κ1) is 20.1. The number of thiocarbonyl (C=S) groups is 1. The van der Waals surface area contributed by atoms with Gasteiger partial charge in [-0.3, -0.25) is 0 Å². The molecule has 1 atom stereocenters. The summed E-state index contributed by atoms with van der Waals surface area (Å²) >= 11 is 5.55. The smallest absolute Gasteiger partial charge is 0.314 e. The van der Waals surface area contributed by atoms with E-state index in [1.165, 1.54) is 5.56 Å². The van der Waals surface area contributed by atoms with Gasteiger partial charge in [0.2, 0.25) is 0 Å². The van der Waals surface area contributed by atoms with Crippen molar-refractivity contribution in [3.63, 3.8) is 0 Å². The summed E-state index contributed by atoms with van der Waals surface area (Å²) in [5.74, 6) is 1.38. The molecule has 0 spiro atoms. The van der Waals surface area contributed by atoms with Crippen LogP contribution in [-0.4, -0.2) is 56.4 Å². The van der Waals surface area contributed by atoms with Crippen molar-refractivity contribution < 1.29 is 14.3 Å². The monoisotopic (exact) mass is 380 g/mol. The lowest BCUT2D eigenvalue weighted by Gasteiger charge is -2.39. The Hall–Kier alpha value is -2.22. The van der Waals surface area contributed by atoms with Crippen LogP contribution in [0, 0.1) is 0 Å². The van der Waals surface area contributed by atoms with Gasteiger partial charge in [0.15, 0.2) is 16.6 Å². The molecule has 0 aliphatic carbocycles. The van der Waals surface area contributed by atoms with E-state index in [2.05, 4.69) is 20.9 Å². The summed E-state index contributed by atoms with van der Waals surface area (Å²) in [4.78, 5) is 14.0. The van der Waals surface area contributed by atoms with Crippen LogP contribution >= 0.6 is 12.2 Å². The molecule has 26 heavy (non-hydrogen) atoms. The second-order valence-electron chi connectivity index (χ2n) is 5.94. The molecular weight excluding hydrogens is 352 g/mol. The van der Waals surface area contributed by atoms with Crippen molar-refractivity contribution in [3.05, 3.63) is 23.3 Å². The number of carbonyl (C=O) groups is 1. The van der Waals surface area contributed by atoms with Crippen LogP contribution in [0.25, 0.3) is 0 Å². The number of methoxy groups -OCH3 is 2. The molecule has 2 amide bonds. The number of benzene rings is 1. The van der Waals surface area contributed by atoms with E-state index < -0.39 is 0 Å². The molecule has 0 saturated carbocycles. The minimum absolute atomic E-state index is 0.0762. The zero-order valence-corrected chi connectivity index (χ0v) is 16.7. The number of nitrogens with one attached hydrogen (secondary N) is 3. The number of carbonyl (C=O) groups excluding carboxylic acids is 1. The van der Waals surface area contributed by atoms with Crippen LogP contribution in [-0.2, 0) is 6.42 Å². The number of nitrogens with zero attached hydrogens (tertiary/aromatic N) is 1. The third kappa shape index (κ3) is 4.49. The fourth-order valence-electron chi connectivity index (χ4n) is 3.16. The zero-order chi connectivity index (χ0) is 19.1. The zero-order valence-electron chi connectivity index (χ0n) is 15.8. The number of hydrogen-bond donors (Lipinski definition) is 3. The molecule has 2 rings (SSSR count). The van der Waals surface area contributed by atoms with E-state index in [1.807, 2.05) is 26.0 Å². The third-order valence-corrected chi connectivity index (χ3v) is 4.76. The molecule has 144 valence electrons. The van der Waals surface area contributed by atoms with Crippen LogP contribution in [0.2, 0.25) is 0 Å². The highest BCUT2D eigenvalue weighted by Gasteiger charge is 2.30. The maximum absolute atomic E-state index is 11.9. The second kappa shape index (κ2) is 9.47. The van der Waals surface area contributed by atoms with Crippen LogP contribution in [0.3, 0.4) is 0 Å². The van der Waals surface area contributed by atoms with E-state index in [0.717, 1.165) is 25.1 Å². The van der Waals surface area contributed by atoms with Gasteiger partial charge in [-0.1, -0.05) is 0 Å². The predicted molar refractivity (Wildman–Crippen MR) is 106 cm³/mol. The van der Waals surface area contributed by atoms with Gasteiger partial charge in [0.1, 0.15) is 0 Å². The van der Waals surface area contributed by atoms with Gasteiger partial charge in [-0.2, -0.15) is 0 Å². The number of urea groups is 1. The molecule has 1 aliphatic heterocycles. The molecule has 7 nitrogen and oxygen atoms in total. The fraction of sp³-hybridized carbons (Fsp3) is 0.556. The molecule has 1 aromatic carbocycles. The molecule has 8 heteroatoms. The van der Waals surface area contributed by atoms with Crippen molar-refractivity contribution in [1.29, 1.82) is 0 Å². The molecule has 1 aromatic rings. The average molecular weight is 381 g/mol. The average Bonchev–Trinajstić information content (AvgIpc) is 2.65. The topological polar surface area (TPSA) is 74.9 Å². The number of fused-ring (bicyclic) bond motifs is 1. The lowest BCUT2D eigenvalue weighted by atomic mass is 9.92. The van der Waals surface area contributed by atoms with E-state index in [-0.39, 0.29) is 12.1 Å². The van der Waals surface area contributed by atoms with Crippen molar-refractivity contribution in [2.45, 2.75) is 26.3 Å². The van der Waals surface area contributed by atoms with Crippen molar-refractivity contribution in [2.75, 3.05) is 40.4 Å². The Balaban J connectivity index is 2.35. The number of ether oxygens (including phenoxy) is 2. The van der Waals surface area contributed by atoms with Crippen LogP contribution in [0.15, 0.2) is 12.1 Å². The lowest BCUT2D eigenvalue weighted by Crippen LogP contribution is -2.49. The van der Waals surface area contributed by atoms with Crippen LogP contribution in [0.4, 0.5) is 4.79 Å². The van der Waals surface area contributed by atoms with Gasteiger partial charge in [0, 0.05) is 26.2 Å². The summed E-state index contributed by atoms with van der Waals surface area (Å²) in [5, 5.41) is 9.60. The van der Waals surface area contributed by atoms with E-state index in [4.69, 9.17) is 21.7 Å². The van der Waals surface area contributed by atoms with Gasteiger partial charge in [-0.15, -0.1) is 0 Å². The maximum atomic E-state index is 11.9. The van der Waals surface area contributed by atoms with Crippen molar-refractivity contribution in [3.8, 4) is 11.5 Å². The largest absolute Gasteiger partial charge is 0.493 e. The van der Waals surface area contributed by atoms with Gasteiger partial charge in [0.05, 0.1) is 20.3 Å². The highest BCUT2D eigenvalue weighted by atomic mass is 32.1. The quantitative estimate of drug-likeness (QED) is 0.654. The lowest BCUT2D eigenvalue weighted by molar-refractivity contribution is 0.233. The Labute approximate surface area is 160 Å². The minimum Gasteiger partial charge on any atom is -0.493 e. The van der Waals surface area contributed by atoms with Crippen LogP contribution in [0.1, 0.15) is 31.0 Å². The first-order valence-electron chi connectivity index (χ1n) is 8.86. The van der Waals surface area contributed by atoms with E-state index in [0.29, 0.717) is 29.7 Å². The molecule has 0 aromatic heterocycles. The molecule has 0 radical (unpaired) electrons.